The number of benzene rings is 3. The van der Waals surface area contributed by atoms with Crippen LogP contribution in [0.5, 0.6) is 5.75 Å². The van der Waals surface area contributed by atoms with Gasteiger partial charge >= 0.3 is 5.97 Å². The molecule has 0 fully saturated rings. The number of carbonyl (C=O) groups is 2. The molecule has 1 unspecified atom stereocenters. The molecule has 3 aromatic carbocycles. The summed E-state index contributed by atoms with van der Waals surface area (Å²) in [5.74, 6) is 0.0683. The van der Waals surface area contributed by atoms with Gasteiger partial charge < -0.3 is 4.74 Å². The van der Waals surface area contributed by atoms with Gasteiger partial charge in [-0.15, -0.1) is 0 Å². The van der Waals surface area contributed by atoms with E-state index in [2.05, 4.69) is 32.9 Å². The number of carbonyl (C=O) groups excluding carboxylic acids is 2. The topological polar surface area (TPSA) is 43.4 Å². The summed E-state index contributed by atoms with van der Waals surface area (Å²) in [5, 5.41) is 0.915. The summed E-state index contributed by atoms with van der Waals surface area (Å²) in [7, 11) is 0.0177. The minimum atomic E-state index is -0.396. The van der Waals surface area contributed by atoms with Crippen molar-refractivity contribution in [3.8, 4) is 5.75 Å². The molecule has 0 N–H and O–H groups in total. The fourth-order valence-electron chi connectivity index (χ4n) is 3.29. The molecule has 0 heterocycles. The Morgan fingerprint density at radius 2 is 1.40 bits per heavy atom. The maximum absolute atomic E-state index is 13.0. The largest absolute Gasteiger partial charge is 0.423 e. The monoisotopic (exact) mass is 418 g/mol. The summed E-state index contributed by atoms with van der Waals surface area (Å²) >= 11 is 0. The van der Waals surface area contributed by atoms with Crippen LogP contribution in [0, 0.1) is 13.8 Å². The van der Waals surface area contributed by atoms with Crippen LogP contribution in [-0.4, -0.2) is 11.5 Å². The lowest BCUT2D eigenvalue weighted by Crippen LogP contribution is -2.14. The fourth-order valence-corrected chi connectivity index (χ4v) is 4.41. The Labute approximate surface area is 180 Å². The molecule has 154 valence electrons. The average molecular weight is 418 g/mol. The normalized spacial score (nSPS) is 11.6. The van der Waals surface area contributed by atoms with E-state index in [1.165, 1.54) is 5.56 Å². The van der Waals surface area contributed by atoms with E-state index in [4.69, 9.17) is 4.74 Å². The van der Waals surface area contributed by atoms with Gasteiger partial charge in [0.15, 0.2) is 5.52 Å². The third kappa shape index (κ3) is 5.23. The van der Waals surface area contributed by atoms with E-state index in [9.17, 15) is 9.59 Å². The molecule has 4 heteroatoms. The van der Waals surface area contributed by atoms with Gasteiger partial charge in [0.05, 0.1) is 5.56 Å². The lowest BCUT2D eigenvalue weighted by atomic mass is 9.84. The lowest BCUT2D eigenvalue weighted by Gasteiger charge is -2.22. The van der Waals surface area contributed by atoms with Crippen molar-refractivity contribution < 1.29 is 14.3 Å². The predicted octanol–water partition coefficient (Wildman–Crippen LogP) is 5.96. The molecule has 1 atom stereocenters. The number of hydrogen-bond acceptors (Lipinski definition) is 3. The number of rotatable bonds is 5. The van der Waals surface area contributed by atoms with E-state index in [-0.39, 0.29) is 19.5 Å². The molecule has 30 heavy (non-hydrogen) atoms. The quantitative estimate of drug-likeness (QED) is 0.292. The van der Waals surface area contributed by atoms with Crippen molar-refractivity contribution in [1.29, 1.82) is 0 Å². The van der Waals surface area contributed by atoms with Crippen molar-refractivity contribution in [3.63, 3.8) is 0 Å². The first-order chi connectivity index (χ1) is 14.1. The van der Waals surface area contributed by atoms with Crippen molar-refractivity contribution >= 4 is 25.4 Å². The van der Waals surface area contributed by atoms with Crippen LogP contribution in [0.25, 0.3) is 0 Å². The zero-order valence-electron chi connectivity index (χ0n) is 18.1. The van der Waals surface area contributed by atoms with E-state index in [1.807, 2.05) is 32.0 Å². The van der Waals surface area contributed by atoms with Gasteiger partial charge in [0, 0.05) is 5.56 Å². The molecule has 0 amide bonds. The summed E-state index contributed by atoms with van der Waals surface area (Å²) in [6, 6.07) is 20.3. The van der Waals surface area contributed by atoms with Crippen molar-refractivity contribution in [2.75, 3.05) is 0 Å². The Hall–Kier alpha value is -2.77. The van der Waals surface area contributed by atoms with Crippen LogP contribution in [-0.2, 0) is 5.41 Å². The fraction of sp³-hybridized carbons (Fsp3) is 0.231. The zero-order chi connectivity index (χ0) is 21.9. The SMILES string of the molecule is Cc1cc(C(C)(C)C)cc(C)c1C(=O)Pc1ccc(OC(=O)c2ccccc2)cc1. The smallest absolute Gasteiger partial charge is 0.343 e. The van der Waals surface area contributed by atoms with Crippen LogP contribution in [0.1, 0.15) is 58.2 Å². The number of esters is 1. The van der Waals surface area contributed by atoms with Crippen LogP contribution < -0.4 is 10.0 Å². The van der Waals surface area contributed by atoms with E-state index in [0.29, 0.717) is 11.3 Å². The number of ether oxygens (including phenoxy) is 1. The lowest BCUT2D eigenvalue weighted by molar-refractivity contribution is 0.0734. The van der Waals surface area contributed by atoms with E-state index in [1.54, 1.807) is 36.4 Å². The predicted molar refractivity (Wildman–Crippen MR) is 125 cm³/mol. The van der Waals surface area contributed by atoms with Crippen molar-refractivity contribution in [2.24, 2.45) is 0 Å². The second kappa shape index (κ2) is 8.93. The first-order valence-electron chi connectivity index (χ1n) is 9.95. The molecule has 0 aliphatic rings. The molecule has 3 nitrogen and oxygen atoms in total. The maximum atomic E-state index is 13.0. The summed E-state index contributed by atoms with van der Waals surface area (Å²) in [4.78, 5) is 25.2. The summed E-state index contributed by atoms with van der Waals surface area (Å²) in [6.45, 7) is 10.5. The first kappa shape index (κ1) is 21.9. The van der Waals surface area contributed by atoms with Gasteiger partial charge in [-0.25, -0.2) is 4.79 Å². The Morgan fingerprint density at radius 3 is 1.93 bits per heavy atom. The van der Waals surface area contributed by atoms with Gasteiger partial charge in [0.1, 0.15) is 5.75 Å². The second-order valence-corrected chi connectivity index (χ2v) is 9.75. The molecule has 0 bridgehead atoms. The molecule has 0 saturated heterocycles. The number of hydrogen-bond donors (Lipinski definition) is 0. The highest BCUT2D eigenvalue weighted by atomic mass is 31.1. The molecular formula is C26H27O3P. The highest BCUT2D eigenvalue weighted by Gasteiger charge is 2.19. The van der Waals surface area contributed by atoms with Gasteiger partial charge in [-0.05, 0) is 74.1 Å². The van der Waals surface area contributed by atoms with E-state index >= 15 is 0 Å². The standard InChI is InChI=1S/C26H27O3P/c1-17-15-20(26(3,4)5)16-18(2)23(17)25(28)30-22-13-11-21(12-14-22)29-24(27)19-9-7-6-8-10-19/h6-16,30H,1-5H3. The van der Waals surface area contributed by atoms with Crippen LogP contribution in [0.3, 0.4) is 0 Å². The third-order valence-electron chi connectivity index (χ3n) is 4.96. The minimum Gasteiger partial charge on any atom is -0.423 e. The van der Waals surface area contributed by atoms with Crippen LogP contribution in [0.4, 0.5) is 0 Å². The maximum Gasteiger partial charge on any atom is 0.343 e. The average Bonchev–Trinajstić information content (AvgIpc) is 2.69. The molecule has 3 rings (SSSR count). The Morgan fingerprint density at radius 1 is 0.833 bits per heavy atom. The highest BCUT2D eigenvalue weighted by molar-refractivity contribution is 7.66. The zero-order valence-corrected chi connectivity index (χ0v) is 19.1. The Balaban J connectivity index is 1.71. The first-order valence-corrected chi connectivity index (χ1v) is 11.0. The Kier molecular flexibility index (Phi) is 6.53. The van der Waals surface area contributed by atoms with Crippen LogP contribution in [0.15, 0.2) is 66.7 Å². The molecule has 0 saturated carbocycles. The van der Waals surface area contributed by atoms with Gasteiger partial charge in [-0.2, -0.15) is 0 Å². The molecule has 0 aliphatic heterocycles. The van der Waals surface area contributed by atoms with Crippen molar-refractivity contribution in [2.45, 2.75) is 40.0 Å². The molecule has 3 aromatic rings. The summed E-state index contributed by atoms with van der Waals surface area (Å²) < 4.78 is 5.41. The molecule has 0 aliphatic carbocycles. The Bertz CT molecular complexity index is 1040. The summed E-state index contributed by atoms with van der Waals surface area (Å²) in [6.07, 6.45) is 0. The van der Waals surface area contributed by atoms with Crippen molar-refractivity contribution in [1.82, 2.24) is 0 Å². The highest BCUT2D eigenvalue weighted by Crippen LogP contribution is 2.30. The summed E-state index contributed by atoms with van der Waals surface area (Å²) in [5.41, 5.74) is 4.76. The van der Waals surface area contributed by atoms with Crippen LogP contribution >= 0.6 is 8.58 Å². The molecule has 0 aromatic heterocycles. The molecule has 0 spiro atoms. The molecule has 0 radical (unpaired) electrons. The van der Waals surface area contributed by atoms with E-state index < -0.39 is 5.97 Å². The second-order valence-electron chi connectivity index (χ2n) is 8.47. The minimum absolute atomic E-state index is 0.0177. The van der Waals surface area contributed by atoms with Gasteiger partial charge in [-0.1, -0.05) is 63.2 Å². The van der Waals surface area contributed by atoms with E-state index in [0.717, 1.165) is 22.0 Å². The number of aryl methyl sites for hydroxylation is 2. The van der Waals surface area contributed by atoms with Gasteiger partial charge in [0.2, 0.25) is 0 Å². The molecular weight excluding hydrogens is 391 g/mol. The third-order valence-corrected chi connectivity index (χ3v) is 6.06. The van der Waals surface area contributed by atoms with Crippen molar-refractivity contribution in [3.05, 3.63) is 94.5 Å². The van der Waals surface area contributed by atoms with Gasteiger partial charge in [-0.3, -0.25) is 4.79 Å². The van der Waals surface area contributed by atoms with Crippen LogP contribution in [0.2, 0.25) is 0 Å². The van der Waals surface area contributed by atoms with Gasteiger partial charge in [0.25, 0.3) is 0 Å².